The molecule has 1 atom stereocenters. The number of hydrogen-bond acceptors (Lipinski definition) is 3. The molecular formula is C30H32ClN3O2. The number of carbonyl (C=O) groups excluding carboxylic acids is 2. The van der Waals surface area contributed by atoms with Crippen LogP contribution in [0.2, 0.25) is 5.02 Å². The number of nitrogens with zero attached hydrogens (tertiary/aromatic N) is 2. The van der Waals surface area contributed by atoms with Crippen molar-refractivity contribution in [2.75, 3.05) is 18.0 Å². The monoisotopic (exact) mass is 501 g/mol. The van der Waals surface area contributed by atoms with Crippen LogP contribution in [0.5, 0.6) is 0 Å². The highest BCUT2D eigenvalue weighted by atomic mass is 35.5. The Bertz CT molecular complexity index is 1230. The molecule has 0 aromatic heterocycles. The zero-order valence-electron chi connectivity index (χ0n) is 20.6. The van der Waals surface area contributed by atoms with Gasteiger partial charge in [-0.3, -0.25) is 9.59 Å². The molecule has 1 N–H and O–H groups in total. The van der Waals surface area contributed by atoms with Crippen LogP contribution in [0.4, 0.5) is 5.69 Å². The van der Waals surface area contributed by atoms with Crippen molar-refractivity contribution < 1.29 is 9.59 Å². The van der Waals surface area contributed by atoms with Gasteiger partial charge in [0, 0.05) is 49.2 Å². The second kappa shape index (κ2) is 10.8. The molecule has 0 saturated carbocycles. The lowest BCUT2D eigenvalue weighted by atomic mass is 9.95. The van der Waals surface area contributed by atoms with Gasteiger partial charge in [-0.1, -0.05) is 71.8 Å². The minimum Gasteiger partial charge on any atom is -0.355 e. The van der Waals surface area contributed by atoms with Crippen LogP contribution >= 0.6 is 11.6 Å². The molecule has 1 saturated heterocycles. The number of carbonyl (C=O) groups is 2. The maximum absolute atomic E-state index is 13.7. The highest BCUT2D eigenvalue weighted by Gasteiger charge is 2.38. The number of halogens is 1. The van der Waals surface area contributed by atoms with Gasteiger partial charge < -0.3 is 15.1 Å². The Hall–Kier alpha value is -3.31. The summed E-state index contributed by atoms with van der Waals surface area (Å²) in [5.74, 6) is 0.185. The quantitative estimate of drug-likeness (QED) is 0.509. The van der Waals surface area contributed by atoms with E-state index in [0.717, 1.165) is 16.8 Å². The second-order valence-electron chi connectivity index (χ2n) is 9.91. The Kier molecular flexibility index (Phi) is 7.28. The van der Waals surface area contributed by atoms with Crippen molar-refractivity contribution in [3.05, 3.63) is 100 Å². The van der Waals surface area contributed by atoms with Crippen LogP contribution in [0.25, 0.3) is 0 Å². The first-order valence-electron chi connectivity index (χ1n) is 12.7. The van der Waals surface area contributed by atoms with Gasteiger partial charge in [-0.05, 0) is 54.7 Å². The molecule has 1 fully saturated rings. The molecule has 6 heteroatoms. The largest absolute Gasteiger partial charge is 0.355 e. The summed E-state index contributed by atoms with van der Waals surface area (Å²) in [5.41, 5.74) is 5.75. The van der Waals surface area contributed by atoms with Crippen LogP contribution in [0.15, 0.2) is 72.8 Å². The first-order valence-corrected chi connectivity index (χ1v) is 13.1. The number of likely N-dealkylation sites (tertiary alicyclic amines) is 1. The minimum atomic E-state index is -0.232. The smallest absolute Gasteiger partial charge is 0.245 e. The number of para-hydroxylation sites is 1. The Morgan fingerprint density at radius 1 is 0.944 bits per heavy atom. The van der Waals surface area contributed by atoms with Crippen LogP contribution in [0, 0.1) is 12.8 Å². The number of fused-ring (bicyclic) bond motifs is 1. The number of hydrogen-bond donors (Lipinski definition) is 1. The molecular weight excluding hydrogens is 470 g/mol. The van der Waals surface area contributed by atoms with E-state index in [-0.39, 0.29) is 23.8 Å². The molecule has 0 spiro atoms. The Labute approximate surface area is 218 Å². The molecule has 186 valence electrons. The SMILES string of the molecule is Cc1cccc(CNC(=O)C2CCN(C(=O)C3Cc4ccccc4N3Cc3ccc(Cl)cc3)CC2)c1. The fraction of sp³-hybridized carbons (Fsp3) is 0.333. The van der Waals surface area contributed by atoms with E-state index in [2.05, 4.69) is 41.4 Å². The van der Waals surface area contributed by atoms with Crippen molar-refractivity contribution >= 4 is 29.1 Å². The molecule has 3 aromatic carbocycles. The maximum atomic E-state index is 13.7. The molecule has 0 radical (unpaired) electrons. The Morgan fingerprint density at radius 2 is 1.69 bits per heavy atom. The van der Waals surface area contributed by atoms with E-state index in [1.54, 1.807) is 0 Å². The van der Waals surface area contributed by atoms with E-state index in [1.165, 1.54) is 11.1 Å². The van der Waals surface area contributed by atoms with Gasteiger partial charge >= 0.3 is 0 Å². The zero-order valence-corrected chi connectivity index (χ0v) is 21.4. The third kappa shape index (κ3) is 5.41. The molecule has 2 aliphatic heterocycles. The van der Waals surface area contributed by atoms with E-state index in [1.807, 2.05) is 53.4 Å². The molecule has 5 rings (SSSR count). The number of aryl methyl sites for hydroxylation is 1. The summed E-state index contributed by atoms with van der Waals surface area (Å²) in [6.45, 7) is 4.48. The number of nitrogens with one attached hydrogen (secondary N) is 1. The van der Waals surface area contributed by atoms with Crippen molar-refractivity contribution in [1.82, 2.24) is 10.2 Å². The third-order valence-electron chi connectivity index (χ3n) is 7.37. The van der Waals surface area contributed by atoms with E-state index in [9.17, 15) is 9.59 Å². The van der Waals surface area contributed by atoms with Crippen molar-refractivity contribution in [1.29, 1.82) is 0 Å². The fourth-order valence-electron chi connectivity index (χ4n) is 5.38. The highest BCUT2D eigenvalue weighted by Crippen LogP contribution is 2.35. The van der Waals surface area contributed by atoms with Crippen LogP contribution in [0.1, 0.15) is 35.1 Å². The van der Waals surface area contributed by atoms with Crippen LogP contribution < -0.4 is 10.2 Å². The van der Waals surface area contributed by atoms with Gasteiger partial charge in [0.05, 0.1) is 0 Å². The number of anilines is 1. The van der Waals surface area contributed by atoms with Crippen molar-refractivity contribution in [3.63, 3.8) is 0 Å². The summed E-state index contributed by atoms with van der Waals surface area (Å²) in [4.78, 5) is 30.7. The van der Waals surface area contributed by atoms with E-state index < -0.39 is 0 Å². The summed E-state index contributed by atoms with van der Waals surface area (Å²) in [6, 6.07) is 24.1. The molecule has 2 amide bonds. The average Bonchev–Trinajstić information content (AvgIpc) is 3.26. The molecule has 0 bridgehead atoms. The summed E-state index contributed by atoms with van der Waals surface area (Å²) in [7, 11) is 0. The molecule has 3 aromatic rings. The Balaban J connectivity index is 1.20. The van der Waals surface area contributed by atoms with Crippen molar-refractivity contribution in [2.24, 2.45) is 5.92 Å². The second-order valence-corrected chi connectivity index (χ2v) is 10.3. The lowest BCUT2D eigenvalue weighted by molar-refractivity contribution is -0.136. The average molecular weight is 502 g/mol. The van der Waals surface area contributed by atoms with Gasteiger partial charge in [0.25, 0.3) is 0 Å². The number of rotatable bonds is 6. The van der Waals surface area contributed by atoms with Crippen molar-refractivity contribution in [2.45, 2.75) is 45.3 Å². The lowest BCUT2D eigenvalue weighted by Crippen LogP contribution is -2.50. The molecule has 0 aliphatic carbocycles. The van der Waals surface area contributed by atoms with Gasteiger partial charge in [-0.25, -0.2) is 0 Å². The summed E-state index contributed by atoms with van der Waals surface area (Å²) < 4.78 is 0. The standard InChI is InChI=1S/C30H32ClN3O2/c1-21-5-4-6-23(17-21)19-32-29(35)24-13-15-33(16-14-24)30(36)28-18-25-7-2-3-8-27(25)34(28)20-22-9-11-26(31)12-10-22/h2-12,17,24,28H,13-16,18-20H2,1H3,(H,32,35). The number of benzene rings is 3. The Morgan fingerprint density at radius 3 is 2.44 bits per heavy atom. The van der Waals surface area contributed by atoms with Gasteiger partial charge in [0.1, 0.15) is 6.04 Å². The van der Waals surface area contributed by atoms with Gasteiger partial charge in [-0.2, -0.15) is 0 Å². The topological polar surface area (TPSA) is 52.7 Å². The molecule has 5 nitrogen and oxygen atoms in total. The molecule has 2 aliphatic rings. The summed E-state index contributed by atoms with van der Waals surface area (Å²) in [5, 5.41) is 3.79. The van der Waals surface area contributed by atoms with Gasteiger partial charge in [-0.15, -0.1) is 0 Å². The fourth-order valence-corrected chi connectivity index (χ4v) is 5.51. The van der Waals surface area contributed by atoms with Crippen LogP contribution in [0.3, 0.4) is 0 Å². The van der Waals surface area contributed by atoms with E-state index in [0.29, 0.717) is 50.5 Å². The third-order valence-corrected chi connectivity index (χ3v) is 7.62. The van der Waals surface area contributed by atoms with Crippen LogP contribution in [-0.2, 0) is 29.1 Å². The van der Waals surface area contributed by atoms with Crippen LogP contribution in [-0.4, -0.2) is 35.8 Å². The predicted octanol–water partition coefficient (Wildman–Crippen LogP) is 5.13. The predicted molar refractivity (Wildman–Crippen MR) is 144 cm³/mol. The molecule has 2 heterocycles. The number of piperidine rings is 1. The first-order chi connectivity index (χ1) is 17.5. The maximum Gasteiger partial charge on any atom is 0.245 e. The first kappa shape index (κ1) is 24.4. The summed E-state index contributed by atoms with van der Waals surface area (Å²) >= 11 is 6.08. The lowest BCUT2D eigenvalue weighted by Gasteiger charge is -2.36. The normalized spacial score (nSPS) is 17.7. The number of amides is 2. The minimum absolute atomic E-state index is 0.0511. The van der Waals surface area contributed by atoms with E-state index >= 15 is 0 Å². The molecule has 36 heavy (non-hydrogen) atoms. The zero-order chi connectivity index (χ0) is 25.1. The molecule has 1 unspecified atom stereocenters. The van der Waals surface area contributed by atoms with Crippen molar-refractivity contribution in [3.8, 4) is 0 Å². The summed E-state index contributed by atoms with van der Waals surface area (Å²) in [6.07, 6.45) is 2.10. The van der Waals surface area contributed by atoms with Gasteiger partial charge in [0.2, 0.25) is 11.8 Å². The highest BCUT2D eigenvalue weighted by molar-refractivity contribution is 6.30. The van der Waals surface area contributed by atoms with E-state index in [4.69, 9.17) is 11.6 Å². The van der Waals surface area contributed by atoms with Gasteiger partial charge in [0.15, 0.2) is 0 Å².